The monoisotopic (exact) mass is 437 g/mol. The minimum atomic E-state index is -1.36. The molecule has 1 aliphatic rings. The van der Waals surface area contributed by atoms with Crippen molar-refractivity contribution in [1.29, 1.82) is 0 Å². The highest BCUT2D eigenvalue weighted by Gasteiger charge is 2.32. The van der Waals surface area contributed by atoms with Gasteiger partial charge in [0, 0.05) is 19.3 Å². The summed E-state index contributed by atoms with van der Waals surface area (Å²) in [6.45, 7) is 1.92. The van der Waals surface area contributed by atoms with Gasteiger partial charge in [-0.2, -0.15) is 0 Å². The van der Waals surface area contributed by atoms with Crippen LogP contribution in [0.3, 0.4) is 0 Å². The second kappa shape index (κ2) is 9.78. The van der Waals surface area contributed by atoms with Crippen LogP contribution in [0.25, 0.3) is 0 Å². The van der Waals surface area contributed by atoms with Crippen molar-refractivity contribution >= 4 is 23.7 Å². The molecule has 9 heteroatoms. The molecule has 1 aliphatic heterocycles. The van der Waals surface area contributed by atoms with Crippen LogP contribution in [0.1, 0.15) is 23.6 Å². The van der Waals surface area contributed by atoms with Gasteiger partial charge in [0.05, 0.1) is 12.5 Å². The average Bonchev–Trinajstić information content (AvgIpc) is 2.75. The molecule has 0 aliphatic carbocycles. The third-order valence-corrected chi connectivity index (χ3v) is 4.90. The lowest BCUT2D eigenvalue weighted by molar-refractivity contribution is -0.138. The van der Waals surface area contributed by atoms with E-state index in [1.807, 2.05) is 31.2 Å². The Morgan fingerprint density at radius 1 is 1.12 bits per heavy atom. The number of ketones is 1. The predicted octanol–water partition coefficient (Wildman–Crippen LogP) is 2.53. The van der Waals surface area contributed by atoms with Crippen molar-refractivity contribution in [2.75, 3.05) is 7.05 Å². The molecule has 32 heavy (non-hydrogen) atoms. The number of ether oxygens (including phenoxy) is 1. The van der Waals surface area contributed by atoms with E-state index in [9.17, 15) is 24.3 Å². The Bertz CT molecular complexity index is 1060. The number of urea groups is 1. The molecule has 0 spiro atoms. The van der Waals surface area contributed by atoms with Gasteiger partial charge >= 0.3 is 12.0 Å². The van der Waals surface area contributed by atoms with Gasteiger partial charge < -0.3 is 25.4 Å². The van der Waals surface area contributed by atoms with Crippen LogP contribution in [0, 0.1) is 6.92 Å². The number of rotatable bonds is 7. The van der Waals surface area contributed by atoms with Crippen LogP contribution in [0.5, 0.6) is 11.5 Å². The number of hydrogen-bond acceptors (Lipinski definition) is 5. The van der Waals surface area contributed by atoms with Gasteiger partial charge in [-0.25, -0.2) is 4.79 Å². The molecule has 166 valence electrons. The van der Waals surface area contributed by atoms with Gasteiger partial charge in [-0.05, 0) is 36.2 Å². The number of carbonyl (C=O) groups is 4. The number of para-hydroxylation sites is 1. The van der Waals surface area contributed by atoms with Crippen LogP contribution in [-0.2, 0) is 14.4 Å². The predicted molar refractivity (Wildman–Crippen MR) is 115 cm³/mol. The molecule has 9 nitrogen and oxygen atoms in total. The number of likely N-dealkylation sites (N-methyl/N-ethyl adjacent to an activating group) is 1. The topological polar surface area (TPSA) is 125 Å². The van der Waals surface area contributed by atoms with Crippen molar-refractivity contribution in [3.8, 4) is 11.5 Å². The number of aryl methyl sites for hydroxylation is 1. The van der Waals surface area contributed by atoms with E-state index in [4.69, 9.17) is 4.74 Å². The standard InChI is InChI=1S/C23H23N3O6/c1-14-5-3-4-6-19(14)32-16-9-7-15(8-10-16)17(13-20(28)29)24-23(31)25-21-18(27)11-12-26(2)22(21)30/h3-12,17,21H,13H2,1-2H3,(H,28,29)(H2,24,25,31). The average molecular weight is 437 g/mol. The van der Waals surface area contributed by atoms with Crippen molar-refractivity contribution in [3.05, 3.63) is 71.9 Å². The van der Waals surface area contributed by atoms with Crippen molar-refractivity contribution in [2.24, 2.45) is 0 Å². The molecule has 0 aromatic heterocycles. The molecule has 1 heterocycles. The first-order chi connectivity index (χ1) is 15.2. The molecule has 0 saturated carbocycles. The molecule has 0 saturated heterocycles. The SMILES string of the molecule is Cc1ccccc1Oc1ccc(C(CC(=O)O)NC(=O)NC2C(=O)C=CN(C)C2=O)cc1. The molecular formula is C23H23N3O6. The van der Waals surface area contributed by atoms with E-state index in [1.165, 1.54) is 24.2 Å². The highest BCUT2D eigenvalue weighted by Crippen LogP contribution is 2.26. The van der Waals surface area contributed by atoms with E-state index >= 15 is 0 Å². The fourth-order valence-electron chi connectivity index (χ4n) is 3.14. The Labute approximate surface area is 184 Å². The zero-order valence-electron chi connectivity index (χ0n) is 17.6. The van der Waals surface area contributed by atoms with Gasteiger partial charge in [0.2, 0.25) is 0 Å². The van der Waals surface area contributed by atoms with Crippen LogP contribution < -0.4 is 15.4 Å². The number of nitrogens with one attached hydrogen (secondary N) is 2. The number of carboxylic acid groups (broad SMARTS) is 1. The Balaban J connectivity index is 1.70. The molecule has 3 N–H and O–H groups in total. The smallest absolute Gasteiger partial charge is 0.316 e. The number of carboxylic acids is 1. The fourth-order valence-corrected chi connectivity index (χ4v) is 3.14. The highest BCUT2D eigenvalue weighted by molar-refractivity contribution is 6.14. The van der Waals surface area contributed by atoms with Crippen molar-refractivity contribution in [2.45, 2.75) is 25.4 Å². The number of hydrogen-bond donors (Lipinski definition) is 3. The third-order valence-electron chi connectivity index (χ3n) is 4.90. The van der Waals surface area contributed by atoms with Gasteiger partial charge in [0.25, 0.3) is 5.91 Å². The van der Waals surface area contributed by atoms with Gasteiger partial charge in [-0.3, -0.25) is 14.4 Å². The van der Waals surface area contributed by atoms with E-state index in [0.29, 0.717) is 17.1 Å². The van der Waals surface area contributed by atoms with Gasteiger partial charge in [0.1, 0.15) is 11.5 Å². The maximum absolute atomic E-state index is 12.4. The van der Waals surface area contributed by atoms with Crippen LogP contribution in [-0.4, -0.2) is 46.8 Å². The maximum Gasteiger partial charge on any atom is 0.316 e. The Kier molecular flexibility index (Phi) is 6.89. The highest BCUT2D eigenvalue weighted by atomic mass is 16.5. The van der Waals surface area contributed by atoms with Crippen LogP contribution in [0.4, 0.5) is 4.79 Å². The lowest BCUT2D eigenvalue weighted by Crippen LogP contribution is -2.55. The molecule has 3 amide bonds. The summed E-state index contributed by atoms with van der Waals surface area (Å²) in [5, 5.41) is 14.1. The number of carbonyl (C=O) groups excluding carboxylic acids is 3. The molecule has 0 bridgehead atoms. The first-order valence-corrected chi connectivity index (χ1v) is 9.85. The normalized spacial score (nSPS) is 16.4. The molecule has 2 atom stereocenters. The van der Waals surface area contributed by atoms with E-state index in [-0.39, 0.29) is 0 Å². The number of aliphatic carboxylic acids is 1. The Morgan fingerprint density at radius 2 is 1.81 bits per heavy atom. The van der Waals surface area contributed by atoms with Crippen LogP contribution >= 0.6 is 0 Å². The first-order valence-electron chi connectivity index (χ1n) is 9.85. The summed E-state index contributed by atoms with van der Waals surface area (Å²) >= 11 is 0. The molecule has 2 unspecified atom stereocenters. The van der Waals surface area contributed by atoms with Crippen molar-refractivity contribution in [1.82, 2.24) is 15.5 Å². The Morgan fingerprint density at radius 3 is 2.47 bits per heavy atom. The van der Waals surface area contributed by atoms with E-state index in [0.717, 1.165) is 5.56 Å². The molecular weight excluding hydrogens is 414 g/mol. The molecule has 3 rings (SSSR count). The molecule has 0 fully saturated rings. The van der Waals surface area contributed by atoms with Gasteiger partial charge in [-0.1, -0.05) is 30.3 Å². The Hall–Kier alpha value is -4.14. The molecule has 2 aromatic rings. The second-order valence-electron chi connectivity index (χ2n) is 7.31. The van der Waals surface area contributed by atoms with E-state index < -0.39 is 42.2 Å². The lowest BCUT2D eigenvalue weighted by Gasteiger charge is -2.25. The summed E-state index contributed by atoms with van der Waals surface area (Å²) in [7, 11) is 1.46. The summed E-state index contributed by atoms with van der Waals surface area (Å²) < 4.78 is 5.84. The summed E-state index contributed by atoms with van der Waals surface area (Å²) in [5.41, 5.74) is 1.49. The summed E-state index contributed by atoms with van der Waals surface area (Å²) in [5.74, 6) is -1.02. The van der Waals surface area contributed by atoms with Gasteiger partial charge in [0.15, 0.2) is 11.8 Å². The van der Waals surface area contributed by atoms with Crippen molar-refractivity contribution in [3.63, 3.8) is 0 Å². The third kappa shape index (κ3) is 5.51. The summed E-state index contributed by atoms with van der Waals surface area (Å²) in [6, 6.07) is 11.1. The van der Waals surface area contributed by atoms with E-state index in [2.05, 4.69) is 10.6 Å². The molecule has 0 radical (unpaired) electrons. The summed E-state index contributed by atoms with van der Waals surface area (Å²) in [6.07, 6.45) is 2.11. The first kappa shape index (κ1) is 22.5. The number of nitrogens with zero attached hydrogens (tertiary/aromatic N) is 1. The lowest BCUT2D eigenvalue weighted by atomic mass is 10.0. The van der Waals surface area contributed by atoms with Gasteiger partial charge in [-0.15, -0.1) is 0 Å². The quantitative estimate of drug-likeness (QED) is 0.572. The number of benzene rings is 2. The minimum Gasteiger partial charge on any atom is -0.481 e. The zero-order valence-corrected chi connectivity index (χ0v) is 17.6. The maximum atomic E-state index is 12.4. The fraction of sp³-hybridized carbons (Fsp3) is 0.217. The number of amides is 3. The minimum absolute atomic E-state index is 0.391. The zero-order chi connectivity index (χ0) is 23.3. The largest absolute Gasteiger partial charge is 0.481 e. The van der Waals surface area contributed by atoms with Crippen LogP contribution in [0.15, 0.2) is 60.8 Å². The van der Waals surface area contributed by atoms with Crippen LogP contribution in [0.2, 0.25) is 0 Å². The summed E-state index contributed by atoms with van der Waals surface area (Å²) in [4.78, 5) is 49.0. The van der Waals surface area contributed by atoms with Crippen molar-refractivity contribution < 1.29 is 29.0 Å². The van der Waals surface area contributed by atoms with E-state index in [1.54, 1.807) is 24.3 Å². The molecule has 2 aromatic carbocycles. The second-order valence-corrected chi connectivity index (χ2v) is 7.31.